The maximum absolute atomic E-state index is 11.5. The summed E-state index contributed by atoms with van der Waals surface area (Å²) in [5, 5.41) is 2.41. The smallest absolute Gasteiger partial charge is 0.332 e. The normalized spacial score (nSPS) is 12.2. The minimum Gasteiger partial charge on any atom is -0.463 e. The summed E-state index contributed by atoms with van der Waals surface area (Å²) < 4.78 is 2.70. The fourth-order valence-electron chi connectivity index (χ4n) is 1.08. The molecule has 0 saturated carbocycles. The SMILES string of the molecule is CCCC/C(=C\C(=O)OCC)NC(=O)C(Cl)(Cl)Cl. The lowest BCUT2D eigenvalue weighted by Crippen LogP contribution is -2.34. The van der Waals surface area contributed by atoms with E-state index in [4.69, 9.17) is 39.5 Å². The van der Waals surface area contributed by atoms with Gasteiger partial charge < -0.3 is 10.1 Å². The highest BCUT2D eigenvalue weighted by Crippen LogP contribution is 2.26. The largest absolute Gasteiger partial charge is 0.463 e. The number of alkyl halides is 3. The van der Waals surface area contributed by atoms with E-state index in [1.54, 1.807) is 6.92 Å². The Morgan fingerprint density at radius 3 is 2.33 bits per heavy atom. The summed E-state index contributed by atoms with van der Waals surface area (Å²) in [5.41, 5.74) is 0.381. The van der Waals surface area contributed by atoms with Gasteiger partial charge in [0.1, 0.15) is 0 Å². The molecule has 0 unspecified atom stereocenters. The number of esters is 1. The van der Waals surface area contributed by atoms with Crippen molar-refractivity contribution < 1.29 is 14.3 Å². The maximum Gasteiger partial charge on any atom is 0.332 e. The number of allylic oxidation sites excluding steroid dienone is 1. The Kier molecular flexibility index (Phi) is 8.40. The molecule has 1 amide bonds. The Morgan fingerprint density at radius 1 is 1.28 bits per heavy atom. The standard InChI is InChI=1S/C11H16Cl3NO3/c1-3-5-6-8(7-9(16)18-4-2)15-10(17)11(12,13)14/h7H,3-6H2,1-2H3,(H,15,17)/b8-7+. The van der Waals surface area contributed by atoms with E-state index in [2.05, 4.69) is 5.32 Å². The molecule has 0 aromatic heterocycles. The minimum atomic E-state index is -2.06. The van der Waals surface area contributed by atoms with Crippen molar-refractivity contribution in [2.24, 2.45) is 0 Å². The van der Waals surface area contributed by atoms with Crippen LogP contribution in [-0.4, -0.2) is 22.3 Å². The fourth-order valence-corrected chi connectivity index (χ4v) is 1.22. The highest BCUT2D eigenvalue weighted by molar-refractivity contribution is 6.76. The van der Waals surface area contributed by atoms with Gasteiger partial charge in [0.2, 0.25) is 0 Å². The van der Waals surface area contributed by atoms with Gasteiger partial charge in [-0.15, -0.1) is 0 Å². The monoisotopic (exact) mass is 315 g/mol. The highest BCUT2D eigenvalue weighted by atomic mass is 35.6. The van der Waals surface area contributed by atoms with E-state index in [-0.39, 0.29) is 6.61 Å². The quantitative estimate of drug-likeness (QED) is 0.465. The fraction of sp³-hybridized carbons (Fsp3) is 0.636. The molecular formula is C11H16Cl3NO3. The molecule has 0 fully saturated rings. The van der Waals surface area contributed by atoms with Gasteiger partial charge in [-0.25, -0.2) is 4.79 Å². The number of nitrogens with one attached hydrogen (secondary N) is 1. The first-order valence-electron chi connectivity index (χ1n) is 5.56. The van der Waals surface area contributed by atoms with Crippen LogP contribution in [0.1, 0.15) is 33.1 Å². The number of hydrogen-bond acceptors (Lipinski definition) is 3. The zero-order chi connectivity index (χ0) is 14.2. The topological polar surface area (TPSA) is 55.4 Å². The molecular weight excluding hydrogens is 300 g/mol. The first-order chi connectivity index (χ1) is 8.31. The van der Waals surface area contributed by atoms with E-state index in [1.807, 2.05) is 6.92 Å². The molecule has 0 saturated heterocycles. The molecule has 0 aromatic carbocycles. The third-order valence-corrected chi connectivity index (χ3v) is 2.42. The van der Waals surface area contributed by atoms with Crippen LogP contribution < -0.4 is 5.32 Å². The highest BCUT2D eigenvalue weighted by Gasteiger charge is 2.31. The molecule has 18 heavy (non-hydrogen) atoms. The van der Waals surface area contributed by atoms with E-state index in [1.165, 1.54) is 6.08 Å². The molecule has 0 radical (unpaired) electrons. The summed E-state index contributed by atoms with van der Waals surface area (Å²) in [7, 11) is 0. The molecule has 0 heterocycles. The van der Waals surface area contributed by atoms with Crippen LogP contribution >= 0.6 is 34.8 Å². The predicted octanol–water partition coefficient (Wildman–Crippen LogP) is 3.11. The number of unbranched alkanes of at least 4 members (excludes halogenated alkanes) is 1. The molecule has 0 aliphatic carbocycles. The van der Waals surface area contributed by atoms with Crippen LogP contribution in [0.15, 0.2) is 11.8 Å². The van der Waals surface area contributed by atoms with Gasteiger partial charge >= 0.3 is 5.97 Å². The number of hydrogen-bond donors (Lipinski definition) is 1. The number of rotatable bonds is 6. The van der Waals surface area contributed by atoms with Crippen LogP contribution in [-0.2, 0) is 14.3 Å². The van der Waals surface area contributed by atoms with Gasteiger partial charge in [0.15, 0.2) is 0 Å². The lowest BCUT2D eigenvalue weighted by Gasteiger charge is -2.14. The second-order valence-electron chi connectivity index (χ2n) is 3.48. The molecule has 0 aliphatic rings. The van der Waals surface area contributed by atoms with Crippen molar-refractivity contribution in [2.45, 2.75) is 36.9 Å². The summed E-state index contributed by atoms with van der Waals surface area (Å²) in [5.74, 6) is -1.33. The first kappa shape index (κ1) is 17.6. The number of halogens is 3. The van der Waals surface area contributed by atoms with Crippen molar-refractivity contribution in [1.82, 2.24) is 5.32 Å². The summed E-state index contributed by atoms with van der Waals surface area (Å²) in [4.78, 5) is 22.8. The Balaban J connectivity index is 4.68. The average Bonchev–Trinajstić information content (AvgIpc) is 2.24. The van der Waals surface area contributed by atoms with Gasteiger partial charge in [-0.1, -0.05) is 48.1 Å². The molecule has 0 spiro atoms. The van der Waals surface area contributed by atoms with Gasteiger partial charge in [0.25, 0.3) is 9.70 Å². The van der Waals surface area contributed by atoms with Crippen molar-refractivity contribution >= 4 is 46.7 Å². The van der Waals surface area contributed by atoms with Crippen molar-refractivity contribution in [1.29, 1.82) is 0 Å². The van der Waals surface area contributed by atoms with Gasteiger partial charge in [-0.05, 0) is 19.8 Å². The molecule has 0 rings (SSSR count). The number of carbonyl (C=O) groups is 2. The van der Waals surface area contributed by atoms with Crippen molar-refractivity contribution in [3.63, 3.8) is 0 Å². The minimum absolute atomic E-state index is 0.259. The predicted molar refractivity (Wildman–Crippen MR) is 72.7 cm³/mol. The van der Waals surface area contributed by atoms with E-state index in [0.29, 0.717) is 12.1 Å². The van der Waals surface area contributed by atoms with Gasteiger partial charge in [0.05, 0.1) is 6.61 Å². The Bertz CT molecular complexity index is 324. The zero-order valence-electron chi connectivity index (χ0n) is 10.3. The van der Waals surface area contributed by atoms with E-state index in [0.717, 1.165) is 12.8 Å². The summed E-state index contributed by atoms with van der Waals surface area (Å²) in [6.07, 6.45) is 3.41. The molecule has 7 heteroatoms. The lowest BCUT2D eigenvalue weighted by atomic mass is 10.2. The van der Waals surface area contributed by atoms with Crippen LogP contribution in [0.25, 0.3) is 0 Å². The van der Waals surface area contributed by atoms with Crippen molar-refractivity contribution in [3.8, 4) is 0 Å². The third-order valence-electron chi connectivity index (χ3n) is 1.91. The van der Waals surface area contributed by atoms with E-state index >= 15 is 0 Å². The molecule has 0 bridgehead atoms. The van der Waals surface area contributed by atoms with E-state index < -0.39 is 15.7 Å². The second kappa shape index (κ2) is 8.62. The van der Waals surface area contributed by atoms with Crippen LogP contribution in [0, 0.1) is 0 Å². The maximum atomic E-state index is 11.5. The Morgan fingerprint density at radius 2 is 1.89 bits per heavy atom. The third kappa shape index (κ3) is 7.80. The summed E-state index contributed by atoms with van der Waals surface area (Å²) in [6, 6.07) is 0. The number of carbonyl (C=O) groups excluding carboxylic acids is 2. The first-order valence-corrected chi connectivity index (χ1v) is 6.70. The number of amides is 1. The molecule has 1 N–H and O–H groups in total. The van der Waals surface area contributed by atoms with Crippen LogP contribution in [0.3, 0.4) is 0 Å². The second-order valence-corrected chi connectivity index (χ2v) is 5.76. The lowest BCUT2D eigenvalue weighted by molar-refractivity contribution is -0.137. The van der Waals surface area contributed by atoms with E-state index in [9.17, 15) is 9.59 Å². The molecule has 0 aliphatic heterocycles. The molecule has 0 atom stereocenters. The molecule has 104 valence electrons. The van der Waals surface area contributed by atoms with Gasteiger partial charge in [-0.3, -0.25) is 4.79 Å². The summed E-state index contributed by atoms with van der Waals surface area (Å²) in [6.45, 7) is 3.94. The number of ether oxygens (including phenoxy) is 1. The van der Waals surface area contributed by atoms with Crippen LogP contribution in [0.2, 0.25) is 0 Å². The summed E-state index contributed by atoms with van der Waals surface area (Å²) >= 11 is 16.3. The average molecular weight is 317 g/mol. The zero-order valence-corrected chi connectivity index (χ0v) is 12.5. The van der Waals surface area contributed by atoms with Crippen LogP contribution in [0.5, 0.6) is 0 Å². The van der Waals surface area contributed by atoms with Crippen LogP contribution in [0.4, 0.5) is 0 Å². The Labute approximate surface area is 122 Å². The van der Waals surface area contributed by atoms with Gasteiger partial charge in [0, 0.05) is 11.8 Å². The molecule has 0 aromatic rings. The van der Waals surface area contributed by atoms with Gasteiger partial charge in [-0.2, -0.15) is 0 Å². The van der Waals surface area contributed by atoms with Crippen molar-refractivity contribution in [2.75, 3.05) is 6.61 Å². The molecule has 4 nitrogen and oxygen atoms in total. The Hall–Kier alpha value is -0.450. The van der Waals surface area contributed by atoms with Crippen molar-refractivity contribution in [3.05, 3.63) is 11.8 Å².